The molecule has 0 aromatic rings. The predicted molar refractivity (Wildman–Crippen MR) is 33.0 cm³/mol. The van der Waals surface area contributed by atoms with Gasteiger partial charge in [-0.25, -0.2) is 0 Å². The van der Waals surface area contributed by atoms with E-state index in [-0.39, 0.29) is 59.1 Å². The second-order valence-corrected chi connectivity index (χ2v) is 2.38. The van der Waals surface area contributed by atoms with Crippen LogP contribution in [0.4, 0.5) is 0 Å². The maximum Gasteiger partial charge on any atom is 1.00 e. The number of carboxylic acids is 2. The average molecular weight is 204 g/mol. The molecule has 0 radical (unpaired) electrons. The Balaban J connectivity index is -0.000000500. The van der Waals surface area contributed by atoms with Crippen LogP contribution in [0.1, 0.15) is 26.2 Å². The van der Waals surface area contributed by atoms with E-state index in [4.69, 9.17) is 0 Å². The molecule has 1 atom stereocenters. The first-order valence-electron chi connectivity index (χ1n) is 3.48. The number of hydrogen-bond acceptors (Lipinski definition) is 4. The van der Waals surface area contributed by atoms with Crippen LogP contribution in [0.25, 0.3) is 0 Å². The van der Waals surface area contributed by atoms with Crippen LogP contribution < -0.4 is 69.3 Å². The summed E-state index contributed by atoms with van der Waals surface area (Å²) in [7, 11) is 0. The van der Waals surface area contributed by atoms with Gasteiger partial charge in [-0.2, -0.15) is 0 Å². The first-order chi connectivity index (χ1) is 5.07. The molecule has 0 spiro atoms. The Morgan fingerprint density at radius 1 is 1.23 bits per heavy atom. The molecule has 0 bridgehead atoms. The van der Waals surface area contributed by atoms with Crippen LogP contribution in [-0.2, 0) is 9.59 Å². The number of hydrogen-bond donors (Lipinski definition) is 0. The largest absolute Gasteiger partial charge is 1.00 e. The molecule has 0 saturated heterocycles. The molecule has 0 N–H and O–H groups in total. The van der Waals surface area contributed by atoms with Gasteiger partial charge in [0.25, 0.3) is 0 Å². The molecule has 0 aromatic heterocycles. The summed E-state index contributed by atoms with van der Waals surface area (Å²) in [6, 6.07) is 0. The summed E-state index contributed by atoms with van der Waals surface area (Å²) in [4.78, 5) is 20.2. The second-order valence-electron chi connectivity index (χ2n) is 2.38. The van der Waals surface area contributed by atoms with Crippen molar-refractivity contribution in [3.63, 3.8) is 0 Å². The molecule has 0 saturated carbocycles. The maximum atomic E-state index is 10.2. The van der Waals surface area contributed by atoms with Crippen molar-refractivity contribution in [2.75, 3.05) is 0 Å². The van der Waals surface area contributed by atoms with Gasteiger partial charge in [0.2, 0.25) is 0 Å². The van der Waals surface area contributed by atoms with E-state index < -0.39 is 24.3 Å². The summed E-state index contributed by atoms with van der Waals surface area (Å²) >= 11 is 0. The first kappa shape index (κ1) is 19.5. The third-order valence-electron chi connectivity index (χ3n) is 1.38. The SMILES string of the molecule is CCCC(CC(=O)[O-])C(=O)[O-].[Na+].[Na+]. The van der Waals surface area contributed by atoms with E-state index >= 15 is 0 Å². The van der Waals surface area contributed by atoms with Crippen molar-refractivity contribution in [2.45, 2.75) is 26.2 Å². The summed E-state index contributed by atoms with van der Waals surface area (Å²) in [5, 5.41) is 20.2. The zero-order valence-electron chi connectivity index (χ0n) is 8.33. The van der Waals surface area contributed by atoms with Crippen LogP contribution >= 0.6 is 0 Å². The molecule has 64 valence electrons. The molecular formula is C7H10Na2O4. The fraction of sp³-hybridized carbons (Fsp3) is 0.714. The van der Waals surface area contributed by atoms with Crippen LogP contribution in [0, 0.1) is 5.92 Å². The van der Waals surface area contributed by atoms with E-state index in [0.717, 1.165) is 0 Å². The predicted octanol–water partition coefficient (Wildman–Crippen LogP) is -7.70. The molecule has 1 unspecified atom stereocenters. The van der Waals surface area contributed by atoms with Crippen LogP contribution in [0.3, 0.4) is 0 Å². The molecule has 0 heterocycles. The van der Waals surface area contributed by atoms with Crippen LogP contribution in [-0.4, -0.2) is 11.9 Å². The number of carboxylic acid groups (broad SMARTS) is 2. The van der Waals surface area contributed by atoms with Crippen LogP contribution in [0.2, 0.25) is 0 Å². The molecule has 0 aliphatic carbocycles. The average Bonchev–Trinajstić information content (AvgIpc) is 1.86. The molecule has 0 rings (SSSR count). The number of carbonyl (C=O) groups is 2. The summed E-state index contributed by atoms with van der Waals surface area (Å²) in [5.41, 5.74) is 0. The van der Waals surface area contributed by atoms with Crippen LogP contribution in [0.15, 0.2) is 0 Å². The molecular weight excluding hydrogens is 194 g/mol. The molecule has 4 nitrogen and oxygen atoms in total. The first-order valence-corrected chi connectivity index (χ1v) is 3.48. The molecule has 0 aromatic carbocycles. The van der Waals surface area contributed by atoms with Crippen molar-refractivity contribution in [1.82, 2.24) is 0 Å². The van der Waals surface area contributed by atoms with Gasteiger partial charge in [-0.05, 0) is 12.8 Å². The van der Waals surface area contributed by atoms with Gasteiger partial charge in [-0.1, -0.05) is 13.3 Å². The quantitative estimate of drug-likeness (QED) is 0.416. The fourth-order valence-corrected chi connectivity index (χ4v) is 0.853. The van der Waals surface area contributed by atoms with E-state index in [9.17, 15) is 19.8 Å². The van der Waals surface area contributed by atoms with Gasteiger partial charge < -0.3 is 19.8 Å². The molecule has 0 aliphatic rings. The standard InChI is InChI=1S/C7H12O4.2Na/c1-2-3-5(7(10)11)4-6(8)9;;/h5H,2-4H2,1H3,(H,8,9)(H,10,11);;/q;2*+1/p-2. The van der Waals surface area contributed by atoms with Gasteiger partial charge in [0.05, 0.1) is 0 Å². The van der Waals surface area contributed by atoms with Gasteiger partial charge in [-0.15, -0.1) is 0 Å². The number of rotatable bonds is 5. The Labute approximate surface area is 122 Å². The van der Waals surface area contributed by atoms with E-state index in [2.05, 4.69) is 0 Å². The van der Waals surface area contributed by atoms with Crippen LogP contribution in [0.5, 0.6) is 0 Å². The van der Waals surface area contributed by atoms with Crippen molar-refractivity contribution in [2.24, 2.45) is 5.92 Å². The fourth-order valence-electron chi connectivity index (χ4n) is 0.853. The molecule has 0 fully saturated rings. The molecule has 0 amide bonds. The van der Waals surface area contributed by atoms with E-state index in [0.29, 0.717) is 12.8 Å². The summed E-state index contributed by atoms with van der Waals surface area (Å²) < 4.78 is 0. The van der Waals surface area contributed by atoms with Crippen molar-refractivity contribution in [1.29, 1.82) is 0 Å². The summed E-state index contributed by atoms with van der Waals surface area (Å²) in [6.45, 7) is 1.78. The molecule has 0 aliphatic heterocycles. The molecule has 6 heteroatoms. The van der Waals surface area contributed by atoms with Crippen molar-refractivity contribution in [3.05, 3.63) is 0 Å². The minimum Gasteiger partial charge on any atom is -0.550 e. The Morgan fingerprint density at radius 3 is 1.92 bits per heavy atom. The Bertz CT molecular complexity index is 161. The third-order valence-corrected chi connectivity index (χ3v) is 1.38. The van der Waals surface area contributed by atoms with Crippen molar-refractivity contribution in [3.8, 4) is 0 Å². The van der Waals surface area contributed by atoms with E-state index in [1.54, 1.807) is 6.92 Å². The monoisotopic (exact) mass is 204 g/mol. The maximum absolute atomic E-state index is 10.2. The van der Waals surface area contributed by atoms with Gasteiger partial charge in [0, 0.05) is 17.9 Å². The minimum absolute atomic E-state index is 0. The summed E-state index contributed by atoms with van der Waals surface area (Å²) in [6.07, 6.45) is 0.512. The summed E-state index contributed by atoms with van der Waals surface area (Å²) in [5.74, 6) is -3.55. The van der Waals surface area contributed by atoms with E-state index in [1.165, 1.54) is 0 Å². The van der Waals surface area contributed by atoms with Gasteiger partial charge >= 0.3 is 59.1 Å². The van der Waals surface area contributed by atoms with Gasteiger partial charge in [0.1, 0.15) is 0 Å². The van der Waals surface area contributed by atoms with Crippen molar-refractivity contribution >= 4 is 11.9 Å². The third kappa shape index (κ3) is 10.9. The van der Waals surface area contributed by atoms with E-state index in [1.807, 2.05) is 0 Å². The topological polar surface area (TPSA) is 80.3 Å². The normalized spacial score (nSPS) is 10.5. The molecule has 13 heavy (non-hydrogen) atoms. The smallest absolute Gasteiger partial charge is 0.550 e. The Morgan fingerprint density at radius 2 is 1.69 bits per heavy atom. The van der Waals surface area contributed by atoms with Gasteiger partial charge in [0.15, 0.2) is 0 Å². The minimum atomic E-state index is -1.34. The Hall–Kier alpha value is 0.940. The Kier molecular flexibility index (Phi) is 16.5. The number of aliphatic carboxylic acids is 2. The van der Waals surface area contributed by atoms with Crippen molar-refractivity contribution < 1.29 is 78.9 Å². The zero-order valence-corrected chi connectivity index (χ0v) is 12.3. The zero-order chi connectivity index (χ0) is 8.85. The van der Waals surface area contributed by atoms with Gasteiger partial charge in [-0.3, -0.25) is 0 Å². The second kappa shape index (κ2) is 11.0. The number of carbonyl (C=O) groups excluding carboxylic acids is 2.